The SMILES string of the molecule is C=C(C)C(=O)NC(=O)OCC=O. The second-order valence-electron chi connectivity index (χ2n) is 2.00. The molecule has 12 heavy (non-hydrogen) atoms. The first-order valence-corrected chi connectivity index (χ1v) is 3.15. The largest absolute Gasteiger partial charge is 0.442 e. The van der Waals surface area contributed by atoms with Crippen LogP contribution in [0.15, 0.2) is 12.2 Å². The van der Waals surface area contributed by atoms with E-state index in [4.69, 9.17) is 0 Å². The third-order valence-corrected chi connectivity index (χ3v) is 0.886. The number of aldehydes is 1. The van der Waals surface area contributed by atoms with Crippen molar-refractivity contribution in [3.8, 4) is 0 Å². The molecule has 0 radical (unpaired) electrons. The number of hydrogen-bond acceptors (Lipinski definition) is 4. The Bertz CT molecular complexity index is 221. The van der Waals surface area contributed by atoms with Gasteiger partial charge in [0.2, 0.25) is 0 Å². The van der Waals surface area contributed by atoms with Crippen LogP contribution in [0.2, 0.25) is 0 Å². The lowest BCUT2D eigenvalue weighted by molar-refractivity contribution is -0.117. The fourth-order valence-corrected chi connectivity index (χ4v) is 0.345. The molecule has 1 N–H and O–H groups in total. The highest BCUT2D eigenvalue weighted by Gasteiger charge is 2.07. The van der Waals surface area contributed by atoms with E-state index in [-0.39, 0.29) is 12.2 Å². The normalized spacial score (nSPS) is 8.42. The molecule has 0 aliphatic heterocycles. The van der Waals surface area contributed by atoms with Crippen molar-refractivity contribution < 1.29 is 19.1 Å². The first-order valence-electron chi connectivity index (χ1n) is 3.15. The predicted molar refractivity (Wildman–Crippen MR) is 40.4 cm³/mol. The van der Waals surface area contributed by atoms with Crippen LogP contribution in [0, 0.1) is 0 Å². The molecule has 0 fully saturated rings. The van der Waals surface area contributed by atoms with Gasteiger partial charge in [-0.2, -0.15) is 0 Å². The third kappa shape index (κ3) is 4.21. The summed E-state index contributed by atoms with van der Waals surface area (Å²) in [5.74, 6) is -0.620. The summed E-state index contributed by atoms with van der Waals surface area (Å²) in [5.41, 5.74) is 0.193. The molecule has 0 saturated heterocycles. The number of carbonyl (C=O) groups is 3. The van der Waals surface area contributed by atoms with Crippen LogP contribution in [-0.2, 0) is 14.3 Å². The van der Waals surface area contributed by atoms with Crippen molar-refractivity contribution in [1.82, 2.24) is 5.32 Å². The van der Waals surface area contributed by atoms with Crippen molar-refractivity contribution in [1.29, 1.82) is 0 Å². The zero-order valence-electron chi connectivity index (χ0n) is 6.62. The number of imide groups is 1. The molecule has 0 rings (SSSR count). The minimum absolute atomic E-state index is 0.193. The molecular formula is C7H9NO4. The van der Waals surface area contributed by atoms with Crippen LogP contribution in [0.25, 0.3) is 0 Å². The second kappa shape index (κ2) is 5.06. The molecule has 0 aliphatic rings. The van der Waals surface area contributed by atoms with Gasteiger partial charge in [-0.3, -0.25) is 14.9 Å². The van der Waals surface area contributed by atoms with Crippen LogP contribution in [0.4, 0.5) is 4.79 Å². The number of alkyl carbamates (subject to hydrolysis) is 1. The zero-order valence-corrected chi connectivity index (χ0v) is 6.62. The van der Waals surface area contributed by atoms with Crippen molar-refractivity contribution in [2.24, 2.45) is 0 Å². The number of nitrogens with one attached hydrogen (secondary N) is 1. The smallest absolute Gasteiger partial charge is 0.414 e. The molecule has 5 nitrogen and oxygen atoms in total. The quantitative estimate of drug-likeness (QED) is 0.479. The highest BCUT2D eigenvalue weighted by atomic mass is 16.6. The number of carbonyl (C=O) groups excluding carboxylic acids is 3. The monoisotopic (exact) mass is 171 g/mol. The van der Waals surface area contributed by atoms with Crippen molar-refractivity contribution in [2.75, 3.05) is 6.61 Å². The molecule has 0 aromatic rings. The second-order valence-corrected chi connectivity index (χ2v) is 2.00. The summed E-state index contributed by atoms with van der Waals surface area (Å²) in [6.07, 6.45) is -0.541. The van der Waals surface area contributed by atoms with Crippen molar-refractivity contribution in [3.63, 3.8) is 0 Å². The van der Waals surface area contributed by atoms with E-state index in [9.17, 15) is 14.4 Å². The van der Waals surface area contributed by atoms with Crippen LogP contribution in [-0.4, -0.2) is 24.9 Å². The molecule has 0 bridgehead atoms. The molecule has 0 aromatic carbocycles. The summed E-state index contributed by atoms with van der Waals surface area (Å²) in [6.45, 7) is 4.38. The third-order valence-electron chi connectivity index (χ3n) is 0.886. The van der Waals surface area contributed by atoms with Gasteiger partial charge in [0.15, 0.2) is 6.29 Å². The molecular weight excluding hydrogens is 162 g/mol. The highest BCUT2D eigenvalue weighted by molar-refractivity contribution is 6.01. The topological polar surface area (TPSA) is 72.5 Å². The zero-order chi connectivity index (χ0) is 9.56. The van der Waals surface area contributed by atoms with Crippen LogP contribution in [0.1, 0.15) is 6.92 Å². The molecule has 66 valence electrons. The summed E-state index contributed by atoms with van der Waals surface area (Å²) < 4.78 is 4.23. The first kappa shape index (κ1) is 10.3. The Morgan fingerprint density at radius 1 is 1.58 bits per heavy atom. The standard InChI is InChI=1S/C7H9NO4/c1-5(2)6(10)8-7(11)12-4-3-9/h3H,1,4H2,2H3,(H,8,10,11). The Labute approximate surface area is 69.4 Å². The first-order chi connectivity index (χ1) is 5.57. The van der Waals surface area contributed by atoms with Crippen molar-refractivity contribution in [2.45, 2.75) is 6.92 Å². The Balaban J connectivity index is 3.76. The van der Waals surface area contributed by atoms with Crippen LogP contribution < -0.4 is 5.32 Å². The fraction of sp³-hybridized carbons (Fsp3) is 0.286. The average molecular weight is 171 g/mol. The lowest BCUT2D eigenvalue weighted by Gasteiger charge is -2.01. The molecule has 0 unspecified atom stereocenters. The maximum atomic E-state index is 10.7. The van der Waals surface area contributed by atoms with Crippen LogP contribution in [0.3, 0.4) is 0 Å². The summed E-state index contributed by atoms with van der Waals surface area (Å²) in [4.78, 5) is 31.0. The van der Waals surface area contributed by atoms with Gasteiger partial charge in [-0.05, 0) is 6.92 Å². The van der Waals surface area contributed by atoms with Crippen LogP contribution >= 0.6 is 0 Å². The van der Waals surface area contributed by atoms with Gasteiger partial charge in [-0.25, -0.2) is 4.79 Å². The minimum Gasteiger partial charge on any atom is -0.442 e. The van der Waals surface area contributed by atoms with E-state index in [1.165, 1.54) is 6.92 Å². The van der Waals surface area contributed by atoms with Gasteiger partial charge in [-0.15, -0.1) is 0 Å². The van der Waals surface area contributed by atoms with Gasteiger partial charge in [-0.1, -0.05) is 6.58 Å². The van der Waals surface area contributed by atoms with E-state index in [1.54, 1.807) is 0 Å². The van der Waals surface area contributed by atoms with Gasteiger partial charge in [0, 0.05) is 5.57 Å². The van der Waals surface area contributed by atoms with Gasteiger partial charge in [0.1, 0.15) is 6.61 Å². The van der Waals surface area contributed by atoms with E-state index in [2.05, 4.69) is 11.3 Å². The Morgan fingerprint density at radius 3 is 2.58 bits per heavy atom. The number of amides is 2. The fourth-order valence-electron chi connectivity index (χ4n) is 0.345. The summed E-state index contributed by atoms with van der Waals surface area (Å²) in [7, 11) is 0. The maximum Gasteiger partial charge on any atom is 0.414 e. The van der Waals surface area contributed by atoms with Crippen molar-refractivity contribution in [3.05, 3.63) is 12.2 Å². The van der Waals surface area contributed by atoms with E-state index < -0.39 is 12.0 Å². The molecule has 0 heterocycles. The molecule has 0 aromatic heterocycles. The number of rotatable bonds is 3. The minimum atomic E-state index is -0.949. The van der Waals surface area contributed by atoms with Crippen LogP contribution in [0.5, 0.6) is 0 Å². The van der Waals surface area contributed by atoms with E-state index >= 15 is 0 Å². The van der Waals surface area contributed by atoms with Gasteiger partial charge in [0.25, 0.3) is 5.91 Å². The van der Waals surface area contributed by atoms with Gasteiger partial charge >= 0.3 is 6.09 Å². The lowest BCUT2D eigenvalue weighted by Crippen LogP contribution is -2.31. The van der Waals surface area contributed by atoms with Crippen molar-refractivity contribution >= 4 is 18.3 Å². The molecule has 0 spiro atoms. The van der Waals surface area contributed by atoms with Gasteiger partial charge in [0.05, 0.1) is 0 Å². The lowest BCUT2D eigenvalue weighted by atomic mass is 10.3. The van der Waals surface area contributed by atoms with Gasteiger partial charge < -0.3 is 4.74 Å². The Hall–Kier alpha value is -1.65. The maximum absolute atomic E-state index is 10.7. The summed E-state index contributed by atoms with van der Waals surface area (Å²) in [6, 6.07) is 0. The Kier molecular flexibility index (Phi) is 4.36. The number of ether oxygens (including phenoxy) is 1. The van der Waals surface area contributed by atoms with E-state index in [0.29, 0.717) is 6.29 Å². The highest BCUT2D eigenvalue weighted by Crippen LogP contribution is 1.86. The average Bonchev–Trinajstić information content (AvgIpc) is 2.00. The molecule has 2 amide bonds. The molecule has 0 atom stereocenters. The van der Waals surface area contributed by atoms with E-state index in [0.717, 1.165) is 0 Å². The molecule has 5 heteroatoms. The Morgan fingerprint density at radius 2 is 2.17 bits per heavy atom. The molecule has 0 aliphatic carbocycles. The predicted octanol–water partition coefficient (Wildman–Crippen LogP) is 0.0142. The summed E-state index contributed by atoms with van der Waals surface area (Å²) >= 11 is 0. The number of hydrogen-bond donors (Lipinski definition) is 1. The summed E-state index contributed by atoms with van der Waals surface area (Å²) in [5, 5.41) is 1.86. The molecule has 0 saturated carbocycles. The van der Waals surface area contributed by atoms with E-state index in [1.807, 2.05) is 5.32 Å².